The van der Waals surface area contributed by atoms with Crippen molar-refractivity contribution in [3.8, 4) is 0 Å². The van der Waals surface area contributed by atoms with E-state index in [-0.39, 0.29) is 5.91 Å². The molecule has 1 aromatic rings. The monoisotopic (exact) mass is 293 g/mol. The lowest BCUT2D eigenvalue weighted by atomic mass is 10.0. The van der Waals surface area contributed by atoms with E-state index in [1.807, 2.05) is 16.5 Å². The summed E-state index contributed by atoms with van der Waals surface area (Å²) in [4.78, 5) is 20.8. The molecule has 21 heavy (non-hydrogen) atoms. The van der Waals surface area contributed by atoms with Gasteiger partial charge in [0.05, 0.1) is 6.54 Å². The van der Waals surface area contributed by atoms with Crippen LogP contribution in [0.1, 0.15) is 19.8 Å². The van der Waals surface area contributed by atoms with Crippen molar-refractivity contribution in [2.75, 3.05) is 39.3 Å². The van der Waals surface area contributed by atoms with Crippen molar-refractivity contribution in [1.82, 2.24) is 24.6 Å². The zero-order valence-corrected chi connectivity index (χ0v) is 12.6. The van der Waals surface area contributed by atoms with Gasteiger partial charge in [-0.2, -0.15) is 5.10 Å². The van der Waals surface area contributed by atoms with Gasteiger partial charge in [0.25, 0.3) is 5.91 Å². The Hall–Kier alpha value is -1.47. The number of ether oxygens (including phenoxy) is 1. The van der Waals surface area contributed by atoms with Crippen LogP contribution in [0.25, 0.3) is 0 Å². The first kappa shape index (κ1) is 14.5. The van der Waals surface area contributed by atoms with E-state index < -0.39 is 5.60 Å². The summed E-state index contributed by atoms with van der Waals surface area (Å²) in [6.45, 7) is 7.82. The number of amides is 1. The van der Waals surface area contributed by atoms with E-state index in [0.717, 1.165) is 52.1 Å². The molecule has 1 aromatic heterocycles. The number of piperazine rings is 1. The highest BCUT2D eigenvalue weighted by molar-refractivity contribution is 5.85. The Labute approximate surface area is 124 Å². The van der Waals surface area contributed by atoms with Crippen LogP contribution in [-0.4, -0.2) is 75.4 Å². The third-order valence-corrected chi connectivity index (χ3v) is 4.44. The molecule has 0 bridgehead atoms. The summed E-state index contributed by atoms with van der Waals surface area (Å²) >= 11 is 0. The number of carbonyl (C=O) groups excluding carboxylic acids is 1. The fourth-order valence-corrected chi connectivity index (χ4v) is 3.05. The summed E-state index contributed by atoms with van der Waals surface area (Å²) in [5.74, 6) is 0.163. The van der Waals surface area contributed by atoms with Crippen molar-refractivity contribution >= 4 is 5.91 Å². The lowest BCUT2D eigenvalue weighted by molar-refractivity contribution is -0.152. The predicted octanol–water partition coefficient (Wildman–Crippen LogP) is -0.00860. The zero-order valence-electron chi connectivity index (χ0n) is 12.6. The second-order valence-corrected chi connectivity index (χ2v) is 5.98. The van der Waals surface area contributed by atoms with Crippen molar-refractivity contribution in [2.45, 2.75) is 31.9 Å². The Bertz CT molecular complexity index is 462. The van der Waals surface area contributed by atoms with E-state index in [1.165, 1.54) is 0 Å². The normalized spacial score (nSPS) is 27.2. The molecule has 7 heteroatoms. The summed E-state index contributed by atoms with van der Waals surface area (Å²) in [5.41, 5.74) is -0.580. The Morgan fingerprint density at radius 2 is 2.10 bits per heavy atom. The van der Waals surface area contributed by atoms with E-state index in [1.54, 1.807) is 12.7 Å². The largest absolute Gasteiger partial charge is 0.365 e. The molecule has 0 radical (unpaired) electrons. The molecule has 116 valence electrons. The van der Waals surface area contributed by atoms with E-state index in [4.69, 9.17) is 4.74 Å². The van der Waals surface area contributed by atoms with Gasteiger partial charge >= 0.3 is 0 Å². The van der Waals surface area contributed by atoms with Crippen molar-refractivity contribution in [3.05, 3.63) is 12.7 Å². The molecule has 3 heterocycles. The third-order valence-electron chi connectivity index (χ3n) is 4.44. The average Bonchev–Trinajstić information content (AvgIpc) is 3.17. The maximum atomic E-state index is 12.5. The Kier molecular flexibility index (Phi) is 4.21. The van der Waals surface area contributed by atoms with E-state index in [0.29, 0.717) is 6.61 Å². The summed E-state index contributed by atoms with van der Waals surface area (Å²) in [6, 6.07) is 0. The number of aromatic nitrogens is 3. The third kappa shape index (κ3) is 3.24. The molecule has 2 saturated heterocycles. The van der Waals surface area contributed by atoms with Crippen molar-refractivity contribution in [1.29, 1.82) is 0 Å². The molecule has 1 amide bonds. The minimum atomic E-state index is -0.580. The van der Waals surface area contributed by atoms with Crippen LogP contribution in [0.4, 0.5) is 0 Å². The number of hydrogen-bond acceptors (Lipinski definition) is 5. The lowest BCUT2D eigenvalue weighted by Gasteiger charge is -2.38. The molecule has 7 nitrogen and oxygen atoms in total. The summed E-state index contributed by atoms with van der Waals surface area (Å²) in [7, 11) is 0. The summed E-state index contributed by atoms with van der Waals surface area (Å²) < 4.78 is 7.49. The van der Waals surface area contributed by atoms with Gasteiger partial charge in [0.1, 0.15) is 18.3 Å². The minimum absolute atomic E-state index is 0.163. The molecule has 2 fully saturated rings. The molecule has 2 aliphatic rings. The van der Waals surface area contributed by atoms with Crippen molar-refractivity contribution in [2.24, 2.45) is 0 Å². The number of rotatable bonds is 4. The fourth-order valence-electron chi connectivity index (χ4n) is 3.05. The van der Waals surface area contributed by atoms with Gasteiger partial charge in [-0.05, 0) is 19.8 Å². The Morgan fingerprint density at radius 1 is 1.29 bits per heavy atom. The molecule has 0 aromatic carbocycles. The molecule has 0 N–H and O–H groups in total. The number of nitrogens with zero attached hydrogens (tertiary/aromatic N) is 5. The maximum absolute atomic E-state index is 12.5. The van der Waals surface area contributed by atoms with Gasteiger partial charge < -0.3 is 9.64 Å². The van der Waals surface area contributed by atoms with Crippen LogP contribution in [0.15, 0.2) is 12.7 Å². The van der Waals surface area contributed by atoms with E-state index >= 15 is 0 Å². The minimum Gasteiger partial charge on any atom is -0.365 e. The van der Waals surface area contributed by atoms with Crippen LogP contribution >= 0.6 is 0 Å². The molecular formula is C14H23N5O2. The first-order chi connectivity index (χ1) is 10.2. The molecule has 3 rings (SSSR count). The van der Waals surface area contributed by atoms with Gasteiger partial charge in [-0.3, -0.25) is 14.4 Å². The predicted molar refractivity (Wildman–Crippen MR) is 76.6 cm³/mol. The van der Waals surface area contributed by atoms with Crippen LogP contribution in [0.2, 0.25) is 0 Å². The lowest BCUT2D eigenvalue weighted by Crippen LogP contribution is -2.55. The molecular weight excluding hydrogens is 270 g/mol. The molecule has 0 saturated carbocycles. The van der Waals surface area contributed by atoms with E-state index in [9.17, 15) is 4.79 Å². The Morgan fingerprint density at radius 3 is 2.71 bits per heavy atom. The molecule has 0 unspecified atom stereocenters. The van der Waals surface area contributed by atoms with Crippen LogP contribution < -0.4 is 0 Å². The van der Waals surface area contributed by atoms with Crippen LogP contribution in [0, 0.1) is 0 Å². The van der Waals surface area contributed by atoms with Gasteiger partial charge in [0.2, 0.25) is 0 Å². The van der Waals surface area contributed by atoms with Crippen LogP contribution in [-0.2, 0) is 16.1 Å². The first-order valence-corrected chi connectivity index (χ1v) is 7.65. The standard InChI is InChI=1S/C14H23N5O2/c1-14(3-2-10-21-14)13(20)18-7-4-17(5-8-18)6-9-19-12-15-11-16-19/h11-12H,2-10H2,1H3/t14-/m0/s1. The summed E-state index contributed by atoms with van der Waals surface area (Å²) in [5, 5.41) is 4.10. The van der Waals surface area contributed by atoms with Gasteiger partial charge in [0.15, 0.2) is 0 Å². The second-order valence-electron chi connectivity index (χ2n) is 5.98. The van der Waals surface area contributed by atoms with Crippen LogP contribution in [0.3, 0.4) is 0 Å². The average molecular weight is 293 g/mol. The fraction of sp³-hybridized carbons (Fsp3) is 0.786. The quantitative estimate of drug-likeness (QED) is 0.781. The number of hydrogen-bond donors (Lipinski definition) is 0. The maximum Gasteiger partial charge on any atom is 0.254 e. The highest BCUT2D eigenvalue weighted by Crippen LogP contribution is 2.27. The molecule has 2 aliphatic heterocycles. The van der Waals surface area contributed by atoms with Gasteiger partial charge in [-0.1, -0.05) is 0 Å². The molecule has 0 spiro atoms. The molecule has 0 aliphatic carbocycles. The van der Waals surface area contributed by atoms with Crippen LogP contribution in [0.5, 0.6) is 0 Å². The molecule has 1 atom stereocenters. The van der Waals surface area contributed by atoms with Gasteiger partial charge in [-0.15, -0.1) is 0 Å². The van der Waals surface area contributed by atoms with E-state index in [2.05, 4.69) is 15.0 Å². The Balaban J connectivity index is 1.45. The number of carbonyl (C=O) groups is 1. The smallest absolute Gasteiger partial charge is 0.254 e. The first-order valence-electron chi connectivity index (χ1n) is 7.65. The highest BCUT2D eigenvalue weighted by atomic mass is 16.5. The van der Waals surface area contributed by atoms with Crippen molar-refractivity contribution in [3.63, 3.8) is 0 Å². The summed E-state index contributed by atoms with van der Waals surface area (Å²) in [6.07, 6.45) is 5.12. The van der Waals surface area contributed by atoms with Gasteiger partial charge in [0, 0.05) is 39.3 Å². The van der Waals surface area contributed by atoms with Crippen molar-refractivity contribution < 1.29 is 9.53 Å². The highest BCUT2D eigenvalue weighted by Gasteiger charge is 2.41. The second kappa shape index (κ2) is 6.11. The zero-order chi connectivity index (χ0) is 14.7. The topological polar surface area (TPSA) is 63.5 Å². The van der Waals surface area contributed by atoms with Gasteiger partial charge in [-0.25, -0.2) is 4.98 Å². The SMILES string of the molecule is C[C@@]1(C(=O)N2CCN(CCn3cncn3)CC2)CCCO1.